The van der Waals surface area contributed by atoms with Crippen molar-refractivity contribution >= 4 is 65.4 Å². The SMILES string of the molecule is c1ccc(-c2ccc(-n3c4ccccc4c4cc(-c5ccc6c(c5)-c5ccccc5C65C6CC7CC(C6)CC5C7)ccc43)cc2)cc1.c1ccc(-c2cccc(-n3c4ccccc4c4cc(-c5ccc6c(c5)-c5ccccc5C65C6CC7CC(C6)CC5C7)ccc43)c2)cc1.c1ccc(-n2c3ccccc3c3cc(-c4ccc5c(c4)-c4ccccc4C54C5CC6CC(C5)CC4C6)ccc32)cc1. The van der Waals surface area contributed by atoms with Crippen LogP contribution >= 0.6 is 0 Å². The Labute approximate surface area is 790 Å². The Morgan fingerprint density at radius 3 is 0.748 bits per heavy atom. The van der Waals surface area contributed by atoms with Crippen molar-refractivity contribution in [1.82, 2.24) is 13.7 Å². The Morgan fingerprint density at radius 2 is 0.385 bits per heavy atom. The van der Waals surface area contributed by atoms with Crippen molar-refractivity contribution in [3.63, 3.8) is 0 Å². The number of para-hydroxylation sites is 4. The fraction of sp³-hybridized carbons (Fsp3) is 0.227. The fourth-order valence-electron chi connectivity index (χ4n) is 32.8. The van der Waals surface area contributed by atoms with E-state index < -0.39 is 0 Å². The highest BCUT2D eigenvalue weighted by Gasteiger charge is 2.65. The lowest BCUT2D eigenvalue weighted by molar-refractivity contribution is -0.0399. The molecule has 20 aromatic rings. The average molecular weight is 1740 g/mol. The lowest BCUT2D eigenvalue weighted by Crippen LogP contribution is -2.55. The molecule has 12 bridgehead atoms. The van der Waals surface area contributed by atoms with Gasteiger partial charge in [0.05, 0.1) is 33.1 Å². The number of aromatic nitrogens is 3. The van der Waals surface area contributed by atoms with Gasteiger partial charge in [-0.3, -0.25) is 0 Å². The van der Waals surface area contributed by atoms with E-state index in [4.69, 9.17) is 0 Å². The standard InChI is InChI=1S/2C46H37N.C40H33N/c1-2-9-31(10-3-1)32-11-8-12-37(26-32)47-44-16-7-5-14-39(44)41-28-34(18-20-45(41)47)33-17-19-43-40(27-33)38-13-4-6-15-42(38)46(43)35-22-29-21-30(24-35)25-36(46)23-29;1-2-8-31(9-3-1)32-14-18-37(19-15-32)47-44-13-7-5-11-39(44)41-28-34(17-21-45(41)47)33-16-20-43-40(27-33)38-10-4-6-12-42(38)46(43)35-23-29-22-30(25-35)26-36(46)24-29;1-2-8-31(9-3-1)41-38-13-7-5-11-33(38)35-24-28(15-17-39(35)41)27-14-16-37-34(23-27)32-10-4-6-12-36(32)40(37)29-19-25-18-26(21-29)22-30(40)20-25/h1-20,26-30,35-36H,21-25H2;1-21,27-30,35-36H,22-26H2;1-17,23-26,29-30H,18-22H2. The molecule has 0 atom stereocenters. The van der Waals surface area contributed by atoms with Gasteiger partial charge in [0.15, 0.2) is 0 Å². The summed E-state index contributed by atoms with van der Waals surface area (Å²) in [5, 5.41) is 7.85. The van der Waals surface area contributed by atoms with E-state index in [1.807, 2.05) is 0 Å². The van der Waals surface area contributed by atoms with E-state index in [9.17, 15) is 0 Å². The van der Waals surface area contributed by atoms with E-state index in [1.165, 1.54) is 268 Å². The van der Waals surface area contributed by atoms with Crippen molar-refractivity contribution in [2.45, 2.75) is 113 Å². The maximum absolute atomic E-state index is 2.55. The highest BCUT2D eigenvalue weighted by atomic mass is 15.0. The van der Waals surface area contributed by atoms with Gasteiger partial charge in [-0.2, -0.15) is 0 Å². The van der Waals surface area contributed by atoms with E-state index in [0.717, 1.165) is 71.0 Å². The zero-order chi connectivity index (χ0) is 88.1. The first-order valence-electron chi connectivity index (χ1n) is 51.0. The first-order chi connectivity index (χ1) is 66.8. The van der Waals surface area contributed by atoms with Gasteiger partial charge >= 0.3 is 0 Å². The molecule has 15 aliphatic rings. The molecule has 0 radical (unpaired) electrons. The topological polar surface area (TPSA) is 14.8 Å². The number of nitrogens with zero attached hydrogens (tertiary/aromatic N) is 3. The molecule has 3 heteroatoms. The predicted molar refractivity (Wildman–Crippen MR) is 559 cm³/mol. The van der Waals surface area contributed by atoms with Gasteiger partial charge in [-0.25, -0.2) is 0 Å². The minimum absolute atomic E-state index is 0.226. The van der Waals surface area contributed by atoms with Crippen LogP contribution in [-0.4, -0.2) is 13.7 Å². The van der Waals surface area contributed by atoms with Crippen molar-refractivity contribution in [2.75, 3.05) is 0 Å². The van der Waals surface area contributed by atoms with Gasteiger partial charge in [0, 0.05) is 65.6 Å². The summed E-state index contributed by atoms with van der Waals surface area (Å²) in [4.78, 5) is 0. The van der Waals surface area contributed by atoms with E-state index in [0.29, 0.717) is 0 Å². The molecule has 0 saturated heterocycles. The third-order valence-electron chi connectivity index (χ3n) is 37.1. The lowest BCUT2D eigenvalue weighted by Gasteiger charge is -2.61. The van der Waals surface area contributed by atoms with Gasteiger partial charge in [0.25, 0.3) is 0 Å². The molecule has 3 nitrogen and oxygen atoms in total. The number of hydrogen-bond donors (Lipinski definition) is 0. The number of hydrogen-bond acceptors (Lipinski definition) is 0. The zero-order valence-corrected chi connectivity index (χ0v) is 76.4. The van der Waals surface area contributed by atoms with Crippen LogP contribution in [0.4, 0.5) is 0 Å². The number of benzene rings is 17. The summed E-state index contributed by atoms with van der Waals surface area (Å²) >= 11 is 0. The van der Waals surface area contributed by atoms with Crippen LogP contribution in [0.3, 0.4) is 0 Å². The van der Waals surface area contributed by atoms with Crippen molar-refractivity contribution in [3.05, 3.63) is 428 Å². The van der Waals surface area contributed by atoms with Gasteiger partial charge in [-0.15, -0.1) is 0 Å². The molecule has 15 aliphatic carbocycles. The van der Waals surface area contributed by atoms with Crippen molar-refractivity contribution < 1.29 is 0 Å². The normalized spacial score (nSPS) is 25.7. The maximum Gasteiger partial charge on any atom is 0.0541 e. The second-order valence-electron chi connectivity index (χ2n) is 43.4. The average Bonchev–Trinajstić information content (AvgIpc) is 1.54. The van der Waals surface area contributed by atoms with Crippen LogP contribution in [0.5, 0.6) is 0 Å². The maximum atomic E-state index is 2.55. The van der Waals surface area contributed by atoms with Crippen molar-refractivity contribution in [1.29, 1.82) is 0 Å². The summed E-state index contributed by atoms with van der Waals surface area (Å²) in [7, 11) is 0. The molecule has 3 spiro atoms. The highest BCUT2D eigenvalue weighted by molar-refractivity contribution is 6.13. The van der Waals surface area contributed by atoms with Crippen LogP contribution in [-0.2, 0) is 16.2 Å². The molecule has 135 heavy (non-hydrogen) atoms. The summed E-state index contributed by atoms with van der Waals surface area (Å²) < 4.78 is 7.28. The first kappa shape index (κ1) is 77.6. The van der Waals surface area contributed by atoms with Gasteiger partial charge in [0.2, 0.25) is 0 Å². The van der Waals surface area contributed by atoms with Crippen molar-refractivity contribution in [3.8, 4) is 106 Å². The quantitative estimate of drug-likeness (QED) is 0.144. The molecule has 0 amide bonds. The monoisotopic (exact) mass is 1730 g/mol. The van der Waals surface area contributed by atoms with Gasteiger partial charge in [-0.05, 0) is 399 Å². The molecular weight excluding hydrogens is 1630 g/mol. The third kappa shape index (κ3) is 11.2. The molecule has 3 aromatic heterocycles. The summed E-state index contributed by atoms with van der Waals surface area (Å²) in [5.74, 6) is 10.6. The van der Waals surface area contributed by atoms with E-state index in [-0.39, 0.29) is 16.2 Å². The van der Waals surface area contributed by atoms with E-state index in [2.05, 4.69) is 408 Å². The summed E-state index contributed by atoms with van der Waals surface area (Å²) in [6.07, 6.45) is 21.7. The second kappa shape index (κ2) is 29.6. The number of fused-ring (bicyclic) bond motifs is 18. The second-order valence-corrected chi connectivity index (χ2v) is 43.4. The molecular formula is C132H107N3. The molecule has 35 rings (SSSR count). The Balaban J connectivity index is 0.0000000967. The largest absolute Gasteiger partial charge is 0.309 e. The fourth-order valence-corrected chi connectivity index (χ4v) is 32.8. The molecule has 17 aromatic carbocycles. The predicted octanol–water partition coefficient (Wildman–Crippen LogP) is 33.9. The minimum Gasteiger partial charge on any atom is -0.309 e. The van der Waals surface area contributed by atoms with Gasteiger partial charge < -0.3 is 13.7 Å². The molecule has 0 aliphatic heterocycles. The molecule has 0 N–H and O–H groups in total. The first-order valence-corrected chi connectivity index (χ1v) is 51.0. The van der Waals surface area contributed by atoms with Crippen LogP contribution in [0.2, 0.25) is 0 Å². The Kier molecular flexibility index (Phi) is 17.0. The molecule has 650 valence electrons. The Hall–Kier alpha value is -13.9. The van der Waals surface area contributed by atoms with Crippen LogP contribution < -0.4 is 0 Å². The summed E-state index contributed by atoms with van der Waals surface area (Å²) in [5.41, 5.74) is 43.4. The Bertz CT molecular complexity index is 8190. The summed E-state index contributed by atoms with van der Waals surface area (Å²) in [6.45, 7) is 0. The smallest absolute Gasteiger partial charge is 0.0541 e. The van der Waals surface area contributed by atoms with Crippen molar-refractivity contribution in [2.24, 2.45) is 71.0 Å². The molecule has 12 fully saturated rings. The van der Waals surface area contributed by atoms with E-state index in [1.54, 1.807) is 33.4 Å². The van der Waals surface area contributed by atoms with Crippen LogP contribution in [0.15, 0.2) is 394 Å². The zero-order valence-electron chi connectivity index (χ0n) is 76.4. The summed E-state index contributed by atoms with van der Waals surface area (Å²) in [6, 6.07) is 149. The minimum atomic E-state index is 0.226. The molecule has 3 heterocycles. The van der Waals surface area contributed by atoms with Crippen LogP contribution in [0, 0.1) is 71.0 Å². The van der Waals surface area contributed by atoms with E-state index >= 15 is 0 Å². The van der Waals surface area contributed by atoms with Gasteiger partial charge in [-0.1, -0.05) is 285 Å². The molecule has 12 saturated carbocycles. The third-order valence-corrected chi connectivity index (χ3v) is 37.1. The number of rotatable bonds is 8. The van der Waals surface area contributed by atoms with Crippen LogP contribution in [0.1, 0.15) is 130 Å². The molecule has 0 unspecified atom stereocenters. The van der Waals surface area contributed by atoms with Crippen LogP contribution in [0.25, 0.3) is 171 Å². The van der Waals surface area contributed by atoms with Gasteiger partial charge in [0.1, 0.15) is 0 Å². The lowest BCUT2D eigenvalue weighted by atomic mass is 9.43. The Morgan fingerprint density at radius 1 is 0.148 bits per heavy atom. The highest BCUT2D eigenvalue weighted by Crippen LogP contribution is 2.73.